The second-order valence-electron chi connectivity index (χ2n) is 6.05. The molecule has 1 aromatic heterocycles. The summed E-state index contributed by atoms with van der Waals surface area (Å²) in [5.74, 6) is -0.197. The lowest BCUT2D eigenvalue weighted by atomic mass is 10.0. The molecule has 2 aromatic carbocycles. The Kier molecular flexibility index (Phi) is 4.43. The predicted octanol–water partition coefficient (Wildman–Crippen LogP) is 4.03. The molecule has 0 bridgehead atoms. The lowest BCUT2D eigenvalue weighted by Crippen LogP contribution is -2.22. The Morgan fingerprint density at radius 1 is 0.962 bits per heavy atom. The number of nitrogens with one attached hydrogen (secondary N) is 1. The number of hydrazone groups is 1. The van der Waals surface area contributed by atoms with Crippen molar-refractivity contribution in [1.29, 1.82) is 0 Å². The molecule has 4 rings (SSSR count). The molecule has 128 valence electrons. The van der Waals surface area contributed by atoms with Gasteiger partial charge in [-0.25, -0.2) is 0 Å². The minimum Gasteiger partial charge on any atom is -0.319 e. The fourth-order valence-electron chi connectivity index (χ4n) is 3.04. The number of carbonyl (C=O) groups excluding carboxylic acids is 1. The lowest BCUT2D eigenvalue weighted by Gasteiger charge is -2.23. The van der Waals surface area contributed by atoms with Gasteiger partial charge >= 0.3 is 0 Å². The Morgan fingerprint density at radius 2 is 1.69 bits per heavy atom. The van der Waals surface area contributed by atoms with Crippen LogP contribution in [0.15, 0.2) is 90.3 Å². The third-order valence-corrected chi connectivity index (χ3v) is 4.30. The Hall–Kier alpha value is -3.47. The molecule has 1 unspecified atom stereocenters. The van der Waals surface area contributed by atoms with Gasteiger partial charge in [0.25, 0.3) is 5.91 Å². The number of amides is 1. The number of aromatic nitrogens is 1. The van der Waals surface area contributed by atoms with Crippen LogP contribution < -0.4 is 10.3 Å². The second kappa shape index (κ2) is 7.19. The van der Waals surface area contributed by atoms with Crippen molar-refractivity contribution >= 4 is 23.0 Å². The Balaban J connectivity index is 1.63. The van der Waals surface area contributed by atoms with E-state index in [1.54, 1.807) is 18.5 Å². The third-order valence-electron chi connectivity index (χ3n) is 4.30. The highest BCUT2D eigenvalue weighted by molar-refractivity contribution is 6.43. The van der Waals surface area contributed by atoms with Gasteiger partial charge in [0, 0.05) is 12.6 Å². The molecular weight excluding hydrogens is 324 g/mol. The number of nitrogens with zero attached hydrogens (tertiary/aromatic N) is 3. The highest BCUT2D eigenvalue weighted by atomic mass is 16.2. The van der Waals surface area contributed by atoms with Gasteiger partial charge in [-0.15, -0.1) is 0 Å². The highest BCUT2D eigenvalue weighted by Gasteiger charge is 2.32. The number of anilines is 2. The Labute approximate surface area is 152 Å². The van der Waals surface area contributed by atoms with Crippen LogP contribution in [0.25, 0.3) is 0 Å². The van der Waals surface area contributed by atoms with Crippen molar-refractivity contribution in [2.75, 3.05) is 10.3 Å². The summed E-state index contributed by atoms with van der Waals surface area (Å²) in [6, 6.07) is 23.6. The highest BCUT2D eigenvalue weighted by Crippen LogP contribution is 2.35. The van der Waals surface area contributed by atoms with Crippen molar-refractivity contribution < 1.29 is 4.79 Å². The fourth-order valence-corrected chi connectivity index (χ4v) is 3.04. The van der Waals surface area contributed by atoms with Gasteiger partial charge in [0.15, 0.2) is 0 Å². The summed E-state index contributed by atoms with van der Waals surface area (Å²) in [5, 5.41) is 9.42. The molecule has 1 atom stereocenters. The molecule has 0 radical (unpaired) electrons. The zero-order valence-electron chi connectivity index (χ0n) is 14.1. The first-order valence-corrected chi connectivity index (χ1v) is 8.49. The summed E-state index contributed by atoms with van der Waals surface area (Å²) in [6.45, 7) is 0. The summed E-state index contributed by atoms with van der Waals surface area (Å²) in [7, 11) is 0. The first-order valence-electron chi connectivity index (χ1n) is 8.49. The van der Waals surface area contributed by atoms with Gasteiger partial charge in [-0.3, -0.25) is 14.8 Å². The molecule has 2 heterocycles. The standard InChI is InChI=1S/C21H18N4O/c26-21(23-17-10-7-13-22-15-17)19-14-20(16-8-3-1-4-9-16)25(24-19)18-11-5-2-6-12-18/h1-13,15,20H,14H2,(H,23,26). The largest absolute Gasteiger partial charge is 0.319 e. The van der Waals surface area contributed by atoms with Crippen molar-refractivity contribution in [3.63, 3.8) is 0 Å². The zero-order valence-corrected chi connectivity index (χ0v) is 14.1. The molecule has 3 aromatic rings. The molecule has 1 N–H and O–H groups in total. The minimum atomic E-state index is -0.197. The van der Waals surface area contributed by atoms with Crippen LogP contribution in [0, 0.1) is 0 Å². The summed E-state index contributed by atoms with van der Waals surface area (Å²) in [6.07, 6.45) is 3.84. The molecule has 0 aliphatic carbocycles. The number of hydrogen-bond donors (Lipinski definition) is 1. The van der Waals surface area contributed by atoms with E-state index in [2.05, 4.69) is 27.5 Å². The van der Waals surface area contributed by atoms with E-state index in [4.69, 9.17) is 0 Å². The van der Waals surface area contributed by atoms with Crippen LogP contribution in [-0.4, -0.2) is 16.6 Å². The Bertz CT molecular complexity index is 911. The van der Waals surface area contributed by atoms with Crippen molar-refractivity contribution in [2.45, 2.75) is 12.5 Å². The molecule has 1 aliphatic heterocycles. The number of rotatable bonds is 4. The molecule has 5 nitrogen and oxygen atoms in total. The maximum absolute atomic E-state index is 12.7. The van der Waals surface area contributed by atoms with Gasteiger partial charge in [-0.1, -0.05) is 48.5 Å². The number of benzene rings is 2. The molecule has 1 amide bonds. The van der Waals surface area contributed by atoms with Gasteiger partial charge in [0.1, 0.15) is 5.71 Å². The van der Waals surface area contributed by atoms with Crippen LogP contribution in [-0.2, 0) is 4.79 Å². The SMILES string of the molecule is O=C(Nc1cccnc1)C1=NN(c2ccccc2)C(c2ccccc2)C1. The summed E-state index contributed by atoms with van der Waals surface area (Å²) in [5.41, 5.74) is 3.26. The van der Waals surface area contributed by atoms with Gasteiger partial charge in [0.05, 0.1) is 23.6 Å². The van der Waals surface area contributed by atoms with E-state index in [0.29, 0.717) is 17.8 Å². The first-order chi connectivity index (χ1) is 12.8. The smallest absolute Gasteiger partial charge is 0.272 e. The quantitative estimate of drug-likeness (QED) is 0.779. The normalized spacial score (nSPS) is 16.2. The number of hydrogen-bond acceptors (Lipinski definition) is 4. The molecule has 26 heavy (non-hydrogen) atoms. The third kappa shape index (κ3) is 3.32. The Morgan fingerprint density at radius 3 is 2.38 bits per heavy atom. The van der Waals surface area contributed by atoms with Crippen LogP contribution in [0.4, 0.5) is 11.4 Å². The topological polar surface area (TPSA) is 57.6 Å². The first kappa shape index (κ1) is 16.0. The summed E-state index contributed by atoms with van der Waals surface area (Å²) in [4.78, 5) is 16.7. The van der Waals surface area contributed by atoms with Crippen molar-refractivity contribution in [1.82, 2.24) is 4.98 Å². The van der Waals surface area contributed by atoms with Crippen molar-refractivity contribution in [2.24, 2.45) is 5.10 Å². The maximum Gasteiger partial charge on any atom is 0.272 e. The number of para-hydroxylation sites is 1. The van der Waals surface area contributed by atoms with Gasteiger partial charge in [-0.2, -0.15) is 5.10 Å². The predicted molar refractivity (Wildman–Crippen MR) is 103 cm³/mol. The molecule has 0 fully saturated rings. The summed E-state index contributed by atoms with van der Waals surface area (Å²) < 4.78 is 0. The van der Waals surface area contributed by atoms with E-state index >= 15 is 0 Å². The maximum atomic E-state index is 12.7. The van der Waals surface area contributed by atoms with E-state index < -0.39 is 0 Å². The zero-order chi connectivity index (χ0) is 17.8. The van der Waals surface area contributed by atoms with Crippen LogP contribution in [0.1, 0.15) is 18.0 Å². The van der Waals surface area contributed by atoms with E-state index in [-0.39, 0.29) is 11.9 Å². The molecule has 0 spiro atoms. The summed E-state index contributed by atoms with van der Waals surface area (Å²) >= 11 is 0. The average Bonchev–Trinajstić information content (AvgIpc) is 3.16. The van der Waals surface area contributed by atoms with Crippen molar-refractivity contribution in [3.05, 3.63) is 90.8 Å². The monoisotopic (exact) mass is 342 g/mol. The number of pyridine rings is 1. The lowest BCUT2D eigenvalue weighted by molar-refractivity contribution is -0.110. The van der Waals surface area contributed by atoms with Crippen LogP contribution >= 0.6 is 0 Å². The van der Waals surface area contributed by atoms with E-state index in [1.807, 2.05) is 59.6 Å². The van der Waals surface area contributed by atoms with Gasteiger partial charge < -0.3 is 5.32 Å². The second-order valence-corrected chi connectivity index (χ2v) is 6.05. The minimum absolute atomic E-state index is 0.00625. The fraction of sp³-hybridized carbons (Fsp3) is 0.0952. The number of carbonyl (C=O) groups is 1. The van der Waals surface area contributed by atoms with Crippen LogP contribution in [0.3, 0.4) is 0 Å². The van der Waals surface area contributed by atoms with Crippen LogP contribution in [0.2, 0.25) is 0 Å². The van der Waals surface area contributed by atoms with Gasteiger partial charge in [-0.05, 0) is 29.8 Å². The van der Waals surface area contributed by atoms with Crippen molar-refractivity contribution in [3.8, 4) is 0 Å². The van der Waals surface area contributed by atoms with E-state index in [0.717, 1.165) is 11.3 Å². The van der Waals surface area contributed by atoms with E-state index in [9.17, 15) is 4.79 Å². The molecule has 1 aliphatic rings. The van der Waals surface area contributed by atoms with Gasteiger partial charge in [0.2, 0.25) is 0 Å². The molecule has 5 heteroatoms. The van der Waals surface area contributed by atoms with Crippen LogP contribution in [0.5, 0.6) is 0 Å². The molecule has 0 saturated heterocycles. The molecule has 0 saturated carbocycles. The van der Waals surface area contributed by atoms with E-state index in [1.165, 1.54) is 0 Å². The average molecular weight is 342 g/mol. The molecular formula is C21H18N4O.